The summed E-state index contributed by atoms with van der Waals surface area (Å²) in [6, 6.07) is 0. The molecule has 0 aliphatic carbocycles. The molecule has 0 rings (SSSR count). The SMILES string of the molecule is CC/C=C\C/C=C\C/C=C\C/C=C\C/C=C\C/C=C\CCC(=O)OC(CO)COP(=O)(O)OCC(CO)OC(=O)CCCCCCCCCCCCCC. The van der Waals surface area contributed by atoms with E-state index in [2.05, 4.69) is 74.6 Å². The molecule has 0 fully saturated rings. The number of aliphatic hydroxyl groups is 2. The van der Waals surface area contributed by atoms with Crippen LogP contribution < -0.4 is 0 Å². The molecule has 0 bridgehead atoms. The lowest BCUT2D eigenvalue weighted by Crippen LogP contribution is -2.28. The number of phosphoric acid groups is 1. The average Bonchev–Trinajstić information content (AvgIpc) is 3.16. The van der Waals surface area contributed by atoms with Crippen molar-refractivity contribution in [2.75, 3.05) is 26.4 Å². The van der Waals surface area contributed by atoms with Gasteiger partial charge in [-0.1, -0.05) is 157 Å². The Morgan fingerprint density at radius 3 is 1.26 bits per heavy atom. The van der Waals surface area contributed by atoms with Gasteiger partial charge in [0.05, 0.1) is 26.4 Å². The third-order valence-electron chi connectivity index (χ3n) is 8.20. The van der Waals surface area contributed by atoms with E-state index in [1.54, 1.807) is 0 Å². The van der Waals surface area contributed by atoms with E-state index in [0.717, 1.165) is 57.8 Å². The quantitative estimate of drug-likeness (QED) is 0.0241. The van der Waals surface area contributed by atoms with E-state index in [4.69, 9.17) is 18.5 Å². The molecular weight excluding hydrogens is 707 g/mol. The van der Waals surface area contributed by atoms with Gasteiger partial charge in [0.25, 0.3) is 0 Å². The van der Waals surface area contributed by atoms with Gasteiger partial charge in [0.2, 0.25) is 0 Å². The first-order chi connectivity index (χ1) is 26.3. The molecule has 3 atom stereocenters. The predicted octanol–water partition coefficient (Wildman–Crippen LogP) is 10.5. The van der Waals surface area contributed by atoms with E-state index in [1.165, 1.54) is 51.4 Å². The Balaban J connectivity index is 4.08. The van der Waals surface area contributed by atoms with Crippen molar-refractivity contribution in [1.29, 1.82) is 0 Å². The van der Waals surface area contributed by atoms with Crippen LogP contribution >= 0.6 is 7.82 Å². The largest absolute Gasteiger partial charge is 0.472 e. The number of phosphoric ester groups is 1. The number of carbonyl (C=O) groups excluding carboxylic acids is 2. The van der Waals surface area contributed by atoms with E-state index in [9.17, 15) is 29.3 Å². The molecule has 0 saturated carbocycles. The first kappa shape index (κ1) is 51.4. The van der Waals surface area contributed by atoms with E-state index in [0.29, 0.717) is 12.8 Å². The van der Waals surface area contributed by atoms with Gasteiger partial charge in [0, 0.05) is 12.8 Å². The Morgan fingerprint density at radius 1 is 0.519 bits per heavy atom. The van der Waals surface area contributed by atoms with Crippen LogP contribution in [0.25, 0.3) is 0 Å². The van der Waals surface area contributed by atoms with Gasteiger partial charge in [-0.05, 0) is 51.4 Å². The second kappa shape index (κ2) is 38.7. The topological polar surface area (TPSA) is 149 Å². The Bertz CT molecular complexity index is 1130. The number of ether oxygens (including phenoxy) is 2. The van der Waals surface area contributed by atoms with Crippen molar-refractivity contribution in [2.24, 2.45) is 0 Å². The normalized spacial score (nSPS) is 14.7. The van der Waals surface area contributed by atoms with Gasteiger partial charge < -0.3 is 24.6 Å². The van der Waals surface area contributed by atoms with Crippen molar-refractivity contribution in [2.45, 2.75) is 161 Å². The number of hydrogen-bond acceptors (Lipinski definition) is 9. The first-order valence-corrected chi connectivity index (χ1v) is 21.9. The van der Waals surface area contributed by atoms with E-state index in [1.807, 2.05) is 12.2 Å². The molecule has 0 radical (unpaired) electrons. The van der Waals surface area contributed by atoms with Crippen LogP contribution in [0.2, 0.25) is 0 Å². The zero-order chi connectivity index (χ0) is 39.8. The summed E-state index contributed by atoms with van der Waals surface area (Å²) in [6.45, 7) is 1.98. The fourth-order valence-electron chi connectivity index (χ4n) is 5.08. The van der Waals surface area contributed by atoms with Gasteiger partial charge in [0.15, 0.2) is 0 Å². The Hall–Kier alpha value is -2.59. The maximum absolute atomic E-state index is 12.3. The minimum absolute atomic E-state index is 0.0642. The maximum Gasteiger partial charge on any atom is 0.472 e. The molecule has 0 aromatic rings. The smallest absolute Gasteiger partial charge is 0.457 e. The van der Waals surface area contributed by atoms with Crippen LogP contribution in [0.1, 0.15) is 149 Å². The van der Waals surface area contributed by atoms with Gasteiger partial charge in [-0.25, -0.2) is 4.57 Å². The molecule has 0 heterocycles. The van der Waals surface area contributed by atoms with Gasteiger partial charge in [-0.3, -0.25) is 18.6 Å². The van der Waals surface area contributed by atoms with Crippen molar-refractivity contribution in [3.05, 3.63) is 72.9 Å². The summed E-state index contributed by atoms with van der Waals surface area (Å²) in [4.78, 5) is 34.4. The van der Waals surface area contributed by atoms with Crippen LogP contribution in [-0.2, 0) is 32.7 Å². The number of hydrogen-bond donors (Lipinski definition) is 3. The first-order valence-electron chi connectivity index (χ1n) is 20.4. The Morgan fingerprint density at radius 2 is 0.870 bits per heavy atom. The highest BCUT2D eigenvalue weighted by molar-refractivity contribution is 7.47. The van der Waals surface area contributed by atoms with Crippen LogP contribution in [-0.4, -0.2) is 65.7 Å². The Labute approximate surface area is 327 Å². The molecule has 11 heteroatoms. The zero-order valence-corrected chi connectivity index (χ0v) is 34.3. The molecule has 10 nitrogen and oxygen atoms in total. The highest BCUT2D eigenvalue weighted by atomic mass is 31.2. The number of rotatable bonds is 37. The fraction of sp³-hybridized carbons (Fsp3) is 0.674. The summed E-state index contributed by atoms with van der Waals surface area (Å²) in [5, 5.41) is 19.1. The summed E-state index contributed by atoms with van der Waals surface area (Å²) < 4.78 is 32.4. The third-order valence-corrected chi connectivity index (χ3v) is 9.15. The van der Waals surface area contributed by atoms with Crippen LogP contribution in [0.5, 0.6) is 0 Å². The van der Waals surface area contributed by atoms with Crippen LogP contribution in [0.3, 0.4) is 0 Å². The molecule has 54 heavy (non-hydrogen) atoms. The van der Waals surface area contributed by atoms with Crippen LogP contribution in [0, 0.1) is 0 Å². The van der Waals surface area contributed by atoms with E-state index < -0.39 is 58.4 Å². The number of esters is 2. The van der Waals surface area contributed by atoms with Crippen LogP contribution in [0.15, 0.2) is 72.9 Å². The van der Waals surface area contributed by atoms with Crippen molar-refractivity contribution < 1.29 is 47.8 Å². The second-order valence-corrected chi connectivity index (χ2v) is 14.7. The highest BCUT2D eigenvalue weighted by Crippen LogP contribution is 2.43. The highest BCUT2D eigenvalue weighted by Gasteiger charge is 2.27. The van der Waals surface area contributed by atoms with Crippen molar-refractivity contribution in [1.82, 2.24) is 0 Å². The van der Waals surface area contributed by atoms with Gasteiger partial charge in [0.1, 0.15) is 12.2 Å². The molecule has 3 unspecified atom stereocenters. The fourth-order valence-corrected chi connectivity index (χ4v) is 5.86. The standard InChI is InChI=1S/C43H73O10P/c1-3-5-7-9-11-13-15-17-18-19-20-21-22-23-25-27-29-31-33-35-43(47)53-41(37-45)39-51-54(48,49)50-38-40(36-44)52-42(46)34-32-30-28-26-24-16-14-12-10-8-6-4-2/h5,7,11,13,17-18,20-21,23,25,29,31,40-41,44-45H,3-4,6,8-10,12,14-16,19,22,24,26-28,30,32-39H2,1-2H3,(H,48,49)/b7-5-,13-11-,18-17-,21-20-,25-23-,31-29-. The average molecular weight is 781 g/mol. The third kappa shape index (κ3) is 36.4. The maximum atomic E-state index is 12.3. The van der Waals surface area contributed by atoms with E-state index in [-0.39, 0.29) is 12.8 Å². The minimum Gasteiger partial charge on any atom is -0.457 e. The van der Waals surface area contributed by atoms with Gasteiger partial charge in [-0.2, -0.15) is 0 Å². The molecule has 310 valence electrons. The monoisotopic (exact) mass is 780 g/mol. The lowest BCUT2D eigenvalue weighted by Gasteiger charge is -2.20. The lowest BCUT2D eigenvalue weighted by atomic mass is 10.0. The summed E-state index contributed by atoms with van der Waals surface area (Å²) in [7, 11) is -4.65. The zero-order valence-electron chi connectivity index (χ0n) is 33.4. The Kier molecular flexibility index (Phi) is 36.8. The molecule has 0 aromatic carbocycles. The van der Waals surface area contributed by atoms with Crippen molar-refractivity contribution in [3.63, 3.8) is 0 Å². The molecule has 0 saturated heterocycles. The molecule has 3 N–H and O–H groups in total. The molecule has 0 aromatic heterocycles. The minimum atomic E-state index is -4.65. The van der Waals surface area contributed by atoms with E-state index >= 15 is 0 Å². The summed E-state index contributed by atoms with van der Waals surface area (Å²) >= 11 is 0. The van der Waals surface area contributed by atoms with Crippen molar-refractivity contribution in [3.8, 4) is 0 Å². The number of carbonyl (C=O) groups is 2. The predicted molar refractivity (Wildman–Crippen MR) is 219 cm³/mol. The lowest BCUT2D eigenvalue weighted by molar-refractivity contribution is -0.153. The van der Waals surface area contributed by atoms with Gasteiger partial charge >= 0.3 is 19.8 Å². The number of unbranched alkanes of at least 4 members (excludes halogenated alkanes) is 11. The number of allylic oxidation sites excluding steroid dienone is 12. The summed E-state index contributed by atoms with van der Waals surface area (Å²) in [5.74, 6) is -1.11. The number of aliphatic hydroxyl groups excluding tert-OH is 2. The second-order valence-electron chi connectivity index (χ2n) is 13.2. The molecule has 0 aliphatic rings. The molecule has 0 spiro atoms. The summed E-state index contributed by atoms with van der Waals surface area (Å²) in [6.07, 6.45) is 43.2. The molecule has 0 amide bonds. The van der Waals surface area contributed by atoms with Crippen LogP contribution in [0.4, 0.5) is 0 Å². The van der Waals surface area contributed by atoms with Crippen molar-refractivity contribution >= 4 is 19.8 Å². The molecular formula is C43H73O10P. The molecule has 0 aliphatic heterocycles. The summed E-state index contributed by atoms with van der Waals surface area (Å²) in [5.41, 5.74) is 0. The van der Waals surface area contributed by atoms with Gasteiger partial charge in [-0.15, -0.1) is 0 Å².